The van der Waals surface area contributed by atoms with E-state index in [1.807, 2.05) is 43.3 Å². The summed E-state index contributed by atoms with van der Waals surface area (Å²) in [7, 11) is 1.54. The second-order valence-electron chi connectivity index (χ2n) is 16.6. The van der Waals surface area contributed by atoms with Gasteiger partial charge in [-0.1, -0.05) is 36.4 Å². The number of aryl methyl sites for hydroxylation is 1. The van der Waals surface area contributed by atoms with Crippen molar-refractivity contribution in [1.29, 1.82) is 0 Å². The van der Waals surface area contributed by atoms with Crippen molar-refractivity contribution in [3.63, 3.8) is 0 Å². The molecule has 1 aliphatic rings. The van der Waals surface area contributed by atoms with E-state index in [0.29, 0.717) is 28.0 Å². The Labute approximate surface area is 373 Å². The second-order valence-corrected chi connectivity index (χ2v) is 16.9. The number of fused-ring (bicyclic) bond motifs is 5. The fourth-order valence-corrected chi connectivity index (χ4v) is 7.74. The molecule has 0 saturated carbocycles. The number of nitrogens with two attached hydrogens (primary N) is 1. The lowest BCUT2D eigenvalue weighted by Gasteiger charge is -2.28. The van der Waals surface area contributed by atoms with Gasteiger partial charge in [0.1, 0.15) is 28.3 Å². The van der Waals surface area contributed by atoms with E-state index in [4.69, 9.17) is 31.2 Å². The van der Waals surface area contributed by atoms with Crippen molar-refractivity contribution < 1.29 is 42.7 Å². The minimum Gasteiger partial charge on any atom is -0.451 e. The predicted octanol–water partition coefficient (Wildman–Crippen LogP) is 6.83. The minimum absolute atomic E-state index is 0.0246. The highest BCUT2D eigenvalue weighted by Gasteiger charge is 2.37. The Morgan fingerprint density at radius 1 is 0.953 bits per heavy atom. The first-order valence-electron chi connectivity index (χ1n) is 20.7. The molecule has 17 nitrogen and oxygen atoms in total. The topological polar surface area (TPSA) is 211 Å². The Balaban J connectivity index is 1.15. The summed E-state index contributed by atoms with van der Waals surface area (Å²) in [5.74, 6) is -1.63. The van der Waals surface area contributed by atoms with Crippen molar-refractivity contribution in [3.8, 4) is 5.75 Å². The van der Waals surface area contributed by atoms with E-state index in [0.717, 1.165) is 21.9 Å². The van der Waals surface area contributed by atoms with Crippen LogP contribution in [0.1, 0.15) is 71.7 Å². The number of nitrogens with one attached hydrogen (secondary N) is 2. The van der Waals surface area contributed by atoms with Gasteiger partial charge in [-0.3, -0.25) is 19.2 Å². The van der Waals surface area contributed by atoms with Crippen LogP contribution < -0.4 is 26.0 Å². The molecule has 0 fully saturated rings. The second kappa shape index (κ2) is 18.7. The van der Waals surface area contributed by atoms with Crippen LogP contribution in [0, 0.1) is 6.92 Å². The summed E-state index contributed by atoms with van der Waals surface area (Å²) in [6, 6.07) is 19.6. The van der Waals surface area contributed by atoms with Gasteiger partial charge in [-0.05, 0) is 68.5 Å². The smallest absolute Gasteiger partial charge is 0.415 e. The number of hydrogen-bond donors (Lipinski definition) is 3. The molecule has 0 radical (unpaired) electrons. The molecule has 0 unspecified atom stereocenters. The van der Waals surface area contributed by atoms with E-state index in [2.05, 4.69) is 15.6 Å². The molecule has 0 bridgehead atoms. The molecule has 334 valence electrons. The van der Waals surface area contributed by atoms with Crippen LogP contribution in [0.4, 0.5) is 21.0 Å². The lowest BCUT2D eigenvalue weighted by atomic mass is 9.92. The van der Waals surface area contributed by atoms with Crippen molar-refractivity contribution >= 4 is 86.2 Å². The van der Waals surface area contributed by atoms with Crippen molar-refractivity contribution in [3.05, 3.63) is 102 Å². The summed E-state index contributed by atoms with van der Waals surface area (Å²) >= 11 is 6.60. The highest BCUT2D eigenvalue weighted by Crippen LogP contribution is 2.47. The maximum Gasteiger partial charge on any atom is 0.415 e. The van der Waals surface area contributed by atoms with Crippen molar-refractivity contribution in [2.24, 2.45) is 5.73 Å². The van der Waals surface area contributed by atoms with Gasteiger partial charge in [-0.25, -0.2) is 14.6 Å². The number of imidazole rings is 1. The summed E-state index contributed by atoms with van der Waals surface area (Å²) in [4.78, 5) is 87.3. The van der Waals surface area contributed by atoms with E-state index >= 15 is 0 Å². The number of alkyl halides is 1. The van der Waals surface area contributed by atoms with E-state index in [9.17, 15) is 28.8 Å². The van der Waals surface area contributed by atoms with E-state index in [1.165, 1.54) is 16.8 Å². The summed E-state index contributed by atoms with van der Waals surface area (Å²) in [6.07, 6.45) is 1.64. The van der Waals surface area contributed by atoms with Crippen LogP contribution in [0.3, 0.4) is 0 Å². The monoisotopic (exact) mass is 892 g/mol. The van der Waals surface area contributed by atoms with Crippen LogP contribution in [0.25, 0.3) is 27.4 Å². The molecule has 7 rings (SSSR count). The molecule has 0 saturated heterocycles. The third kappa shape index (κ3) is 10.0. The molecule has 0 aliphatic carbocycles. The van der Waals surface area contributed by atoms with Crippen LogP contribution >= 0.6 is 11.6 Å². The van der Waals surface area contributed by atoms with Gasteiger partial charge in [0.2, 0.25) is 11.8 Å². The number of carbonyl (C=O) groups is 6. The van der Waals surface area contributed by atoms with E-state index < -0.39 is 41.4 Å². The third-order valence-electron chi connectivity index (χ3n) is 10.6. The number of anilines is 2. The first kappa shape index (κ1) is 44.9. The van der Waals surface area contributed by atoms with E-state index in [-0.39, 0.29) is 74.6 Å². The summed E-state index contributed by atoms with van der Waals surface area (Å²) < 4.78 is 19.0. The molecule has 4 N–H and O–H groups in total. The van der Waals surface area contributed by atoms with Gasteiger partial charge < -0.3 is 49.4 Å². The maximum atomic E-state index is 14.5. The van der Waals surface area contributed by atoms with Crippen molar-refractivity contribution in [1.82, 2.24) is 24.5 Å². The lowest BCUT2D eigenvalue weighted by Crippen LogP contribution is -2.43. The van der Waals surface area contributed by atoms with Crippen LogP contribution in [0.5, 0.6) is 5.75 Å². The molecule has 3 aromatic carbocycles. The standard InChI is InChI=1S/C46H49ClN8O9/c1-27-9-8-11-31-35(63-45(61)53(18-16-39(57)49-17-15-37(48)56)20-19-52(5)44(60)64-46(2,3)4)22-33-41(40(27)31)29(23-47)24-55(33)43(59)32-26-54-25-30(13-14-38(54)51-32)50-42(58)36-21-28-10-6-7-12-34(28)62-36/h6-14,21-22,25-26,29H,15-20,23-24H2,1-5H3,(H2,48,56)(H,49,57)(H,50,58)/t29-/m1/s1. The van der Waals surface area contributed by atoms with Crippen LogP contribution in [-0.4, -0.2) is 106 Å². The molecular weight excluding hydrogens is 844 g/mol. The summed E-state index contributed by atoms with van der Waals surface area (Å²) in [5.41, 5.74) is 8.26. The molecule has 4 heterocycles. The van der Waals surface area contributed by atoms with Gasteiger partial charge in [-0.2, -0.15) is 0 Å². The number of rotatable bonds is 14. The quantitative estimate of drug-likeness (QED) is 0.0971. The number of furan rings is 1. The first-order valence-corrected chi connectivity index (χ1v) is 21.2. The number of para-hydroxylation sites is 1. The average Bonchev–Trinajstić information content (AvgIpc) is 3.98. The molecule has 1 aliphatic heterocycles. The molecular formula is C46H49ClN8O9. The van der Waals surface area contributed by atoms with Crippen LogP contribution in [-0.2, 0) is 14.3 Å². The average molecular weight is 893 g/mol. The fraction of sp³-hybridized carbons (Fsp3) is 0.326. The Kier molecular flexibility index (Phi) is 13.1. The number of nitrogens with zero attached hydrogens (tertiary/aromatic N) is 5. The summed E-state index contributed by atoms with van der Waals surface area (Å²) in [5, 5.41) is 7.63. The molecule has 3 aromatic heterocycles. The van der Waals surface area contributed by atoms with Gasteiger partial charge in [-0.15, -0.1) is 11.6 Å². The number of pyridine rings is 1. The molecule has 6 amide bonds. The molecule has 1 atom stereocenters. The Morgan fingerprint density at radius 2 is 1.73 bits per heavy atom. The van der Waals surface area contributed by atoms with Gasteiger partial charge >= 0.3 is 12.2 Å². The Morgan fingerprint density at radius 3 is 2.47 bits per heavy atom. The highest BCUT2D eigenvalue weighted by molar-refractivity contribution is 6.19. The number of aromatic nitrogens is 2. The van der Waals surface area contributed by atoms with Gasteiger partial charge in [0, 0.05) is 93.6 Å². The lowest BCUT2D eigenvalue weighted by molar-refractivity contribution is -0.121. The van der Waals surface area contributed by atoms with Gasteiger partial charge in [0.15, 0.2) is 5.76 Å². The van der Waals surface area contributed by atoms with Crippen LogP contribution in [0.15, 0.2) is 83.5 Å². The largest absolute Gasteiger partial charge is 0.451 e. The zero-order valence-corrected chi connectivity index (χ0v) is 36.9. The van der Waals surface area contributed by atoms with Gasteiger partial charge in [0.25, 0.3) is 11.8 Å². The number of halogens is 1. The van der Waals surface area contributed by atoms with Crippen molar-refractivity contribution in [2.75, 3.05) is 55.9 Å². The number of carbonyl (C=O) groups excluding carboxylic acids is 6. The zero-order chi connectivity index (χ0) is 45.9. The third-order valence-corrected chi connectivity index (χ3v) is 11.0. The van der Waals surface area contributed by atoms with Crippen LogP contribution in [0.2, 0.25) is 0 Å². The van der Waals surface area contributed by atoms with E-state index in [1.54, 1.807) is 72.8 Å². The Hall–Kier alpha value is -7.14. The number of hydrogen-bond acceptors (Lipinski definition) is 10. The molecule has 6 aromatic rings. The number of benzene rings is 3. The summed E-state index contributed by atoms with van der Waals surface area (Å²) in [6.45, 7) is 7.34. The minimum atomic E-state index is -0.807. The highest BCUT2D eigenvalue weighted by atomic mass is 35.5. The number of amides is 6. The molecule has 0 spiro atoms. The van der Waals surface area contributed by atoms with Gasteiger partial charge in [0.05, 0.1) is 11.4 Å². The maximum absolute atomic E-state index is 14.5. The fourth-order valence-electron chi connectivity index (χ4n) is 7.49. The molecule has 64 heavy (non-hydrogen) atoms. The number of likely N-dealkylation sites (N-methyl/N-ethyl adjacent to an activating group) is 1. The Bertz CT molecular complexity index is 2760. The molecule has 18 heteroatoms. The SMILES string of the molecule is Cc1cccc2c(OC(=O)N(CCC(=O)NCCC(N)=O)CCN(C)C(=O)OC(C)(C)C)cc3c(c12)[C@H](CCl)CN3C(=O)c1cn2cc(NC(=O)c3cc4ccccc4o3)ccc2n1. The normalized spacial score (nSPS) is 13.5. The van der Waals surface area contributed by atoms with Crippen molar-refractivity contribution in [2.45, 2.75) is 52.1 Å². The number of primary amides is 1. The number of ether oxygens (including phenoxy) is 2. The zero-order valence-electron chi connectivity index (χ0n) is 36.1. The first-order chi connectivity index (χ1) is 30.5. The predicted molar refractivity (Wildman–Crippen MR) is 241 cm³/mol.